The van der Waals surface area contributed by atoms with Crippen LogP contribution in [0.5, 0.6) is 0 Å². The first-order chi connectivity index (χ1) is 14.7. The Morgan fingerprint density at radius 3 is 2.63 bits per heavy atom. The number of piperazine rings is 1. The minimum atomic E-state index is -0.0350. The molecule has 1 amide bonds. The number of hydrogen-bond acceptors (Lipinski definition) is 5. The molecular weight excluding hydrogens is 374 g/mol. The van der Waals surface area contributed by atoms with Gasteiger partial charge in [0, 0.05) is 50.6 Å². The fraction of sp³-hybridized carbons (Fsp3) is 0.500. The Balaban J connectivity index is 1.09. The highest BCUT2D eigenvalue weighted by Gasteiger charge is 2.21. The number of nitrogens with zero attached hydrogens (tertiary/aromatic N) is 3. The Kier molecular flexibility index (Phi) is 6.84. The van der Waals surface area contributed by atoms with Gasteiger partial charge in [-0.1, -0.05) is 12.1 Å². The average Bonchev–Trinajstić information content (AvgIpc) is 3.58. The maximum atomic E-state index is 12.3. The Morgan fingerprint density at radius 1 is 1.10 bits per heavy atom. The van der Waals surface area contributed by atoms with Crippen LogP contribution in [0, 0.1) is 6.92 Å². The van der Waals surface area contributed by atoms with Crippen molar-refractivity contribution in [2.45, 2.75) is 38.6 Å². The summed E-state index contributed by atoms with van der Waals surface area (Å²) in [4.78, 5) is 21.6. The summed E-state index contributed by atoms with van der Waals surface area (Å²) in [5.74, 6) is 0.823. The molecular formula is C24H33N5O. The molecule has 1 saturated heterocycles. The third-order valence-electron chi connectivity index (χ3n) is 5.88. The molecule has 1 aromatic carbocycles. The SMILES string of the molecule is Cc1cccc(N2CCN(CCCCNC(=O)c3ccc(NC4CC4)nc3)CC2)c1. The summed E-state index contributed by atoms with van der Waals surface area (Å²) in [7, 11) is 0. The molecule has 1 aliphatic carbocycles. The van der Waals surface area contributed by atoms with Crippen molar-refractivity contribution in [3.63, 3.8) is 0 Å². The van der Waals surface area contributed by atoms with Gasteiger partial charge in [-0.2, -0.15) is 0 Å². The zero-order chi connectivity index (χ0) is 20.8. The summed E-state index contributed by atoms with van der Waals surface area (Å²) in [5.41, 5.74) is 3.28. The van der Waals surface area contributed by atoms with E-state index in [1.807, 2.05) is 12.1 Å². The van der Waals surface area contributed by atoms with Gasteiger partial charge in [0.15, 0.2) is 0 Å². The third kappa shape index (κ3) is 5.95. The standard InChI is InChI=1S/C24H33N5O/c1-19-5-4-6-22(17-19)29-15-13-28(14-16-29)12-3-2-11-25-24(30)20-7-10-23(26-18-20)27-21-8-9-21/h4-7,10,17-18,21H,2-3,8-9,11-16H2,1H3,(H,25,30)(H,26,27). The van der Waals surface area contributed by atoms with E-state index >= 15 is 0 Å². The van der Waals surface area contributed by atoms with Crippen molar-refractivity contribution in [2.24, 2.45) is 0 Å². The van der Waals surface area contributed by atoms with Crippen molar-refractivity contribution in [2.75, 3.05) is 49.5 Å². The van der Waals surface area contributed by atoms with Crippen LogP contribution in [0.4, 0.5) is 11.5 Å². The minimum Gasteiger partial charge on any atom is -0.369 e. The van der Waals surface area contributed by atoms with Gasteiger partial charge in [0.25, 0.3) is 5.91 Å². The summed E-state index contributed by atoms with van der Waals surface area (Å²) in [6, 6.07) is 13.1. The molecule has 0 bridgehead atoms. The topological polar surface area (TPSA) is 60.5 Å². The molecule has 0 unspecified atom stereocenters. The van der Waals surface area contributed by atoms with Crippen LogP contribution >= 0.6 is 0 Å². The van der Waals surface area contributed by atoms with Crippen LogP contribution in [0.15, 0.2) is 42.6 Å². The zero-order valence-corrected chi connectivity index (χ0v) is 17.9. The summed E-state index contributed by atoms with van der Waals surface area (Å²) >= 11 is 0. The smallest absolute Gasteiger partial charge is 0.252 e. The molecule has 6 heteroatoms. The molecule has 1 aromatic heterocycles. The number of aromatic nitrogens is 1. The second-order valence-electron chi connectivity index (χ2n) is 8.48. The van der Waals surface area contributed by atoms with E-state index < -0.39 is 0 Å². The number of amides is 1. The molecule has 0 atom stereocenters. The predicted molar refractivity (Wildman–Crippen MR) is 122 cm³/mol. The van der Waals surface area contributed by atoms with Crippen molar-refractivity contribution >= 4 is 17.4 Å². The van der Waals surface area contributed by atoms with E-state index in [2.05, 4.69) is 56.6 Å². The molecule has 1 aliphatic heterocycles. The molecule has 2 heterocycles. The normalized spacial score (nSPS) is 17.0. The summed E-state index contributed by atoms with van der Waals surface area (Å²) in [5, 5.41) is 6.35. The highest BCUT2D eigenvalue weighted by atomic mass is 16.1. The Labute approximate surface area is 179 Å². The van der Waals surface area contributed by atoms with E-state index in [0.29, 0.717) is 18.2 Å². The van der Waals surface area contributed by atoms with E-state index in [1.165, 1.54) is 24.1 Å². The zero-order valence-electron chi connectivity index (χ0n) is 17.9. The molecule has 160 valence electrons. The highest BCUT2D eigenvalue weighted by molar-refractivity contribution is 5.94. The van der Waals surface area contributed by atoms with Gasteiger partial charge in [-0.25, -0.2) is 4.98 Å². The van der Waals surface area contributed by atoms with Crippen molar-refractivity contribution in [3.8, 4) is 0 Å². The Hall–Kier alpha value is -2.60. The number of nitrogens with one attached hydrogen (secondary N) is 2. The number of unbranched alkanes of at least 4 members (excludes halogenated alkanes) is 1. The van der Waals surface area contributed by atoms with Crippen molar-refractivity contribution in [1.82, 2.24) is 15.2 Å². The van der Waals surface area contributed by atoms with Gasteiger partial charge in [-0.05, 0) is 69.0 Å². The number of aryl methyl sites for hydroxylation is 1. The van der Waals surface area contributed by atoms with Crippen molar-refractivity contribution in [3.05, 3.63) is 53.7 Å². The van der Waals surface area contributed by atoms with Crippen LogP contribution in [0.1, 0.15) is 41.6 Å². The van der Waals surface area contributed by atoms with Gasteiger partial charge >= 0.3 is 0 Å². The van der Waals surface area contributed by atoms with Crippen molar-refractivity contribution in [1.29, 1.82) is 0 Å². The van der Waals surface area contributed by atoms with Crippen LogP contribution in [0.3, 0.4) is 0 Å². The lowest BCUT2D eigenvalue weighted by molar-refractivity contribution is 0.0952. The lowest BCUT2D eigenvalue weighted by Gasteiger charge is -2.36. The number of hydrogen-bond donors (Lipinski definition) is 2. The van der Waals surface area contributed by atoms with Crippen LogP contribution in [-0.2, 0) is 0 Å². The van der Waals surface area contributed by atoms with E-state index in [1.54, 1.807) is 6.20 Å². The van der Waals surface area contributed by atoms with Crippen LogP contribution in [-0.4, -0.2) is 61.1 Å². The number of carbonyl (C=O) groups is 1. The Bertz CT molecular complexity index is 826. The van der Waals surface area contributed by atoms with Gasteiger partial charge in [-0.15, -0.1) is 0 Å². The van der Waals surface area contributed by atoms with E-state index in [0.717, 1.165) is 51.4 Å². The summed E-state index contributed by atoms with van der Waals surface area (Å²) < 4.78 is 0. The second kappa shape index (κ2) is 9.94. The molecule has 30 heavy (non-hydrogen) atoms. The average molecular weight is 408 g/mol. The molecule has 4 rings (SSSR count). The first-order valence-corrected chi connectivity index (χ1v) is 11.2. The number of pyridine rings is 1. The van der Waals surface area contributed by atoms with Gasteiger partial charge in [-0.3, -0.25) is 9.69 Å². The molecule has 1 saturated carbocycles. The third-order valence-corrected chi connectivity index (χ3v) is 5.88. The number of benzene rings is 1. The molecule has 2 N–H and O–H groups in total. The molecule has 2 aromatic rings. The number of rotatable bonds is 9. The largest absolute Gasteiger partial charge is 0.369 e. The van der Waals surface area contributed by atoms with Crippen LogP contribution in [0.2, 0.25) is 0 Å². The molecule has 2 aliphatic rings. The summed E-state index contributed by atoms with van der Waals surface area (Å²) in [6.07, 6.45) is 6.19. The predicted octanol–water partition coefficient (Wildman–Crippen LogP) is 3.30. The van der Waals surface area contributed by atoms with Gasteiger partial charge in [0.2, 0.25) is 0 Å². The van der Waals surface area contributed by atoms with E-state index in [9.17, 15) is 4.79 Å². The maximum Gasteiger partial charge on any atom is 0.252 e. The van der Waals surface area contributed by atoms with E-state index in [4.69, 9.17) is 0 Å². The fourth-order valence-electron chi connectivity index (χ4n) is 3.87. The monoisotopic (exact) mass is 407 g/mol. The second-order valence-corrected chi connectivity index (χ2v) is 8.48. The van der Waals surface area contributed by atoms with Crippen molar-refractivity contribution < 1.29 is 4.79 Å². The lowest BCUT2D eigenvalue weighted by atomic mass is 10.2. The Morgan fingerprint density at radius 2 is 1.93 bits per heavy atom. The van der Waals surface area contributed by atoms with Crippen LogP contribution in [0.25, 0.3) is 0 Å². The maximum absolute atomic E-state index is 12.3. The lowest BCUT2D eigenvalue weighted by Crippen LogP contribution is -2.46. The number of anilines is 2. The van der Waals surface area contributed by atoms with Crippen LogP contribution < -0.4 is 15.5 Å². The minimum absolute atomic E-state index is 0.0350. The molecule has 6 nitrogen and oxygen atoms in total. The van der Waals surface area contributed by atoms with Gasteiger partial charge < -0.3 is 15.5 Å². The highest BCUT2D eigenvalue weighted by Crippen LogP contribution is 2.23. The first kappa shape index (κ1) is 20.7. The summed E-state index contributed by atoms with van der Waals surface area (Å²) in [6.45, 7) is 8.33. The van der Waals surface area contributed by atoms with Gasteiger partial charge in [0.1, 0.15) is 5.82 Å². The molecule has 0 radical (unpaired) electrons. The quantitative estimate of drug-likeness (QED) is 0.625. The first-order valence-electron chi connectivity index (χ1n) is 11.2. The number of carbonyl (C=O) groups excluding carboxylic acids is 1. The molecule has 2 fully saturated rings. The fourth-order valence-corrected chi connectivity index (χ4v) is 3.87. The van der Waals surface area contributed by atoms with E-state index in [-0.39, 0.29) is 5.91 Å². The van der Waals surface area contributed by atoms with Gasteiger partial charge in [0.05, 0.1) is 5.56 Å². The molecule has 0 spiro atoms.